The Bertz CT molecular complexity index is 344. The minimum atomic E-state index is -0.455. The first kappa shape index (κ1) is 14.9. The van der Waals surface area contributed by atoms with Gasteiger partial charge in [-0.1, -0.05) is 0 Å². The van der Waals surface area contributed by atoms with E-state index in [1.807, 2.05) is 23.9 Å². The highest BCUT2D eigenvalue weighted by Gasteiger charge is 2.23. The largest absolute Gasteiger partial charge is 0.467 e. The van der Waals surface area contributed by atoms with Crippen molar-refractivity contribution < 1.29 is 14.3 Å². The number of aliphatic hydroxyl groups is 1. The lowest BCUT2D eigenvalue weighted by molar-refractivity contribution is 0.0216. The molecule has 2 rings (SSSR count). The van der Waals surface area contributed by atoms with E-state index in [1.165, 1.54) is 19.3 Å². The molecule has 2 N–H and O–H groups in total. The maximum atomic E-state index is 9.84. The van der Waals surface area contributed by atoms with Gasteiger partial charge in [0.15, 0.2) is 0 Å². The van der Waals surface area contributed by atoms with Crippen LogP contribution in [0, 0.1) is 0 Å². The van der Waals surface area contributed by atoms with Crippen molar-refractivity contribution in [3.05, 3.63) is 24.2 Å². The number of nitrogens with one attached hydrogen (secondary N) is 1. The van der Waals surface area contributed by atoms with E-state index in [4.69, 9.17) is 9.15 Å². The fourth-order valence-electron chi connectivity index (χ4n) is 2.39. The van der Waals surface area contributed by atoms with Crippen molar-refractivity contribution in [2.24, 2.45) is 0 Å². The predicted octanol–water partition coefficient (Wildman–Crippen LogP) is 2.03. The minimum Gasteiger partial charge on any atom is -0.467 e. The molecule has 1 heterocycles. The zero-order valence-electron chi connectivity index (χ0n) is 11.4. The molecule has 1 saturated carbocycles. The highest BCUT2D eigenvalue weighted by Crippen LogP contribution is 2.27. The number of hydrogen-bond donors (Lipinski definition) is 2. The first-order valence-electron chi connectivity index (χ1n) is 6.82. The van der Waals surface area contributed by atoms with Gasteiger partial charge in [-0.3, -0.25) is 0 Å². The van der Waals surface area contributed by atoms with E-state index in [1.54, 1.807) is 6.26 Å². The van der Waals surface area contributed by atoms with Gasteiger partial charge in [0.1, 0.15) is 12.4 Å². The summed E-state index contributed by atoms with van der Waals surface area (Å²) >= 11 is 1.95. The maximum Gasteiger partial charge on any atom is 0.129 e. The first-order valence-corrected chi connectivity index (χ1v) is 8.11. The number of furan rings is 1. The molecule has 1 aliphatic rings. The molecule has 0 saturated heterocycles. The lowest BCUT2D eigenvalue weighted by atomic mass is 10.2. The van der Waals surface area contributed by atoms with Gasteiger partial charge in [0.05, 0.1) is 19.0 Å². The molecule has 4 nitrogen and oxygen atoms in total. The molecule has 1 aromatic rings. The molecule has 0 amide bonds. The zero-order valence-corrected chi connectivity index (χ0v) is 12.2. The summed E-state index contributed by atoms with van der Waals surface area (Å²) in [6.07, 6.45) is 7.04. The van der Waals surface area contributed by atoms with Crippen molar-refractivity contribution in [1.29, 1.82) is 0 Å². The Balaban J connectivity index is 1.53. The summed E-state index contributed by atoms with van der Waals surface area (Å²) < 4.78 is 10.6. The molecular weight excluding hydrogens is 262 g/mol. The summed E-state index contributed by atoms with van der Waals surface area (Å²) in [5, 5.41) is 14.0. The van der Waals surface area contributed by atoms with Crippen LogP contribution in [0.1, 0.15) is 25.0 Å². The second kappa shape index (κ2) is 7.94. The van der Waals surface area contributed by atoms with Gasteiger partial charge >= 0.3 is 0 Å². The first-order chi connectivity index (χ1) is 9.28. The summed E-state index contributed by atoms with van der Waals surface area (Å²) in [7, 11) is 0. The Hall–Kier alpha value is -0.490. The molecule has 19 heavy (non-hydrogen) atoms. The zero-order chi connectivity index (χ0) is 13.5. The Morgan fingerprint density at radius 1 is 1.58 bits per heavy atom. The highest BCUT2D eigenvalue weighted by atomic mass is 32.2. The second-order valence-corrected chi connectivity index (χ2v) is 6.16. The van der Waals surface area contributed by atoms with E-state index in [9.17, 15) is 5.11 Å². The Kier molecular flexibility index (Phi) is 6.23. The lowest BCUT2D eigenvalue weighted by Gasteiger charge is -2.16. The lowest BCUT2D eigenvalue weighted by Crippen LogP contribution is -2.36. The molecule has 3 unspecified atom stereocenters. The van der Waals surface area contributed by atoms with Crippen LogP contribution >= 0.6 is 11.8 Å². The average Bonchev–Trinajstić information content (AvgIpc) is 3.07. The third kappa shape index (κ3) is 5.18. The van der Waals surface area contributed by atoms with Crippen molar-refractivity contribution >= 4 is 11.8 Å². The average molecular weight is 285 g/mol. The van der Waals surface area contributed by atoms with Crippen molar-refractivity contribution in [2.75, 3.05) is 19.4 Å². The van der Waals surface area contributed by atoms with Crippen molar-refractivity contribution in [3.8, 4) is 0 Å². The van der Waals surface area contributed by atoms with Crippen LogP contribution in [-0.4, -0.2) is 41.9 Å². The van der Waals surface area contributed by atoms with Crippen LogP contribution < -0.4 is 5.32 Å². The quantitative estimate of drug-likeness (QED) is 0.765. The third-order valence-corrected chi connectivity index (χ3v) is 4.59. The number of rotatable bonds is 8. The van der Waals surface area contributed by atoms with Gasteiger partial charge in [0.2, 0.25) is 0 Å². The van der Waals surface area contributed by atoms with E-state index in [2.05, 4.69) is 11.6 Å². The third-order valence-electron chi connectivity index (χ3n) is 3.49. The highest BCUT2D eigenvalue weighted by molar-refractivity contribution is 7.99. The van der Waals surface area contributed by atoms with Crippen molar-refractivity contribution in [3.63, 3.8) is 0 Å². The van der Waals surface area contributed by atoms with Gasteiger partial charge in [-0.05, 0) is 37.7 Å². The normalized spacial score (nSPS) is 24.7. The van der Waals surface area contributed by atoms with E-state index in [0.29, 0.717) is 25.8 Å². The summed E-state index contributed by atoms with van der Waals surface area (Å²) in [5.74, 6) is 0.791. The molecular formula is C14H23NO3S. The monoisotopic (exact) mass is 285 g/mol. The van der Waals surface area contributed by atoms with E-state index < -0.39 is 6.10 Å². The molecule has 0 aliphatic heterocycles. The van der Waals surface area contributed by atoms with Gasteiger partial charge in [-0.2, -0.15) is 11.8 Å². The topological polar surface area (TPSA) is 54.6 Å². The molecule has 1 aliphatic carbocycles. The van der Waals surface area contributed by atoms with Crippen molar-refractivity contribution in [1.82, 2.24) is 5.32 Å². The van der Waals surface area contributed by atoms with Crippen LogP contribution in [0.3, 0.4) is 0 Å². The van der Waals surface area contributed by atoms with Crippen molar-refractivity contribution in [2.45, 2.75) is 43.3 Å². The van der Waals surface area contributed by atoms with Gasteiger partial charge in [0, 0.05) is 17.8 Å². The van der Waals surface area contributed by atoms with E-state index in [-0.39, 0.29) is 0 Å². The molecule has 1 fully saturated rings. The second-order valence-electron chi connectivity index (χ2n) is 5.02. The van der Waals surface area contributed by atoms with E-state index in [0.717, 1.165) is 11.0 Å². The van der Waals surface area contributed by atoms with Crippen LogP contribution in [-0.2, 0) is 11.3 Å². The molecule has 5 heteroatoms. The van der Waals surface area contributed by atoms with Crippen LogP contribution in [0.4, 0.5) is 0 Å². The number of aliphatic hydroxyl groups excluding tert-OH is 1. The molecule has 0 radical (unpaired) electrons. The fourth-order valence-corrected chi connectivity index (χ4v) is 3.19. The molecule has 3 atom stereocenters. The van der Waals surface area contributed by atoms with Crippen LogP contribution in [0.2, 0.25) is 0 Å². The summed E-state index contributed by atoms with van der Waals surface area (Å²) in [6.45, 7) is 1.36. The number of thioether (sulfide) groups is 1. The molecule has 0 aromatic carbocycles. The van der Waals surface area contributed by atoms with Crippen LogP contribution in [0.25, 0.3) is 0 Å². The number of ether oxygens (including phenoxy) is 1. The Labute approximate surface area is 118 Å². The standard InChI is InChI=1S/C14H23NO3S/c1-19-14-5-4-11(7-14)15-8-12(16)9-17-10-13-3-2-6-18-13/h2-3,6,11-12,14-16H,4-5,7-10H2,1H3. The fraction of sp³-hybridized carbons (Fsp3) is 0.714. The predicted molar refractivity (Wildman–Crippen MR) is 77.3 cm³/mol. The van der Waals surface area contributed by atoms with Gasteiger partial charge in [-0.15, -0.1) is 0 Å². The molecule has 1 aromatic heterocycles. The van der Waals surface area contributed by atoms with Gasteiger partial charge < -0.3 is 19.6 Å². The maximum absolute atomic E-state index is 9.84. The van der Waals surface area contributed by atoms with Crippen LogP contribution in [0.15, 0.2) is 22.8 Å². The SMILES string of the molecule is CSC1CCC(NCC(O)COCc2ccco2)C1. The minimum absolute atomic E-state index is 0.340. The smallest absolute Gasteiger partial charge is 0.129 e. The Morgan fingerprint density at radius 2 is 2.47 bits per heavy atom. The molecule has 0 spiro atoms. The molecule has 108 valence electrons. The molecule has 0 bridgehead atoms. The Morgan fingerprint density at radius 3 is 3.16 bits per heavy atom. The van der Waals surface area contributed by atoms with Gasteiger partial charge in [-0.25, -0.2) is 0 Å². The summed E-state index contributed by atoms with van der Waals surface area (Å²) in [4.78, 5) is 0. The summed E-state index contributed by atoms with van der Waals surface area (Å²) in [5.41, 5.74) is 0. The number of hydrogen-bond acceptors (Lipinski definition) is 5. The summed E-state index contributed by atoms with van der Waals surface area (Å²) in [6, 6.07) is 4.25. The van der Waals surface area contributed by atoms with E-state index >= 15 is 0 Å². The van der Waals surface area contributed by atoms with Crippen LogP contribution in [0.5, 0.6) is 0 Å². The van der Waals surface area contributed by atoms with Gasteiger partial charge in [0.25, 0.3) is 0 Å².